The molecule has 1 aromatic heterocycles. The van der Waals surface area contributed by atoms with Gasteiger partial charge in [-0.15, -0.1) is 0 Å². The van der Waals surface area contributed by atoms with Gasteiger partial charge in [-0.05, 0) is 47.9 Å². The van der Waals surface area contributed by atoms with Crippen molar-refractivity contribution < 1.29 is 4.79 Å². The van der Waals surface area contributed by atoms with Gasteiger partial charge in [0.05, 0.1) is 11.7 Å². The second-order valence-electron chi connectivity index (χ2n) is 7.10. The number of hydrogen-bond acceptors (Lipinski definition) is 2. The summed E-state index contributed by atoms with van der Waals surface area (Å²) in [6.45, 7) is 6.58. The van der Waals surface area contributed by atoms with Crippen LogP contribution in [0, 0.1) is 11.3 Å². The number of hydrogen-bond donors (Lipinski definition) is 1. The summed E-state index contributed by atoms with van der Waals surface area (Å²) < 4.78 is 0. The van der Waals surface area contributed by atoms with E-state index in [9.17, 15) is 4.79 Å². The molecule has 114 valence electrons. The highest BCUT2D eigenvalue weighted by Crippen LogP contribution is 2.57. The zero-order valence-electron chi connectivity index (χ0n) is 13.5. The molecule has 1 aromatic carbocycles. The van der Waals surface area contributed by atoms with Gasteiger partial charge in [0.2, 0.25) is 0 Å². The van der Waals surface area contributed by atoms with Crippen LogP contribution in [0.2, 0.25) is 0 Å². The fourth-order valence-electron chi connectivity index (χ4n) is 4.57. The Morgan fingerprint density at radius 3 is 2.91 bits per heavy atom. The van der Waals surface area contributed by atoms with E-state index >= 15 is 0 Å². The molecule has 0 saturated carbocycles. The van der Waals surface area contributed by atoms with Crippen molar-refractivity contribution in [3.05, 3.63) is 35.0 Å². The summed E-state index contributed by atoms with van der Waals surface area (Å²) in [7, 11) is 0. The minimum absolute atomic E-state index is 0.154. The third kappa shape index (κ3) is 1.62. The molecule has 4 rings (SSSR count). The number of H-pyrrole nitrogens is 1. The number of aromatic nitrogens is 2. The van der Waals surface area contributed by atoms with Crippen LogP contribution in [0.15, 0.2) is 23.9 Å². The first kappa shape index (κ1) is 13.7. The van der Waals surface area contributed by atoms with Crippen LogP contribution in [0.5, 0.6) is 0 Å². The molecule has 2 aliphatic rings. The summed E-state index contributed by atoms with van der Waals surface area (Å²) in [5, 5.41) is 8.50. The van der Waals surface area contributed by atoms with E-state index in [1.165, 1.54) is 22.1 Å². The molecule has 1 heterocycles. The Bertz CT molecular complexity index is 812. The number of Topliss-reactive ketones (excluding diaryl/α,β-unsaturated/α-hetero) is 1. The smallest absolute Gasteiger partial charge is 0.159 e. The predicted molar refractivity (Wildman–Crippen MR) is 88.5 cm³/mol. The Morgan fingerprint density at radius 2 is 2.18 bits per heavy atom. The van der Waals surface area contributed by atoms with Crippen LogP contribution in [-0.4, -0.2) is 16.0 Å². The third-order valence-electron chi connectivity index (χ3n) is 5.71. The number of aromatic amines is 1. The molecule has 1 unspecified atom stereocenters. The number of allylic oxidation sites excluding steroid dienone is 2. The Kier molecular flexibility index (Phi) is 2.84. The molecular weight excluding hydrogens is 272 g/mol. The minimum atomic E-state index is 0.154. The lowest BCUT2D eigenvalue weighted by Gasteiger charge is -2.36. The summed E-state index contributed by atoms with van der Waals surface area (Å²) in [5.41, 5.74) is 6.36. The van der Waals surface area contributed by atoms with Crippen molar-refractivity contribution in [3.8, 4) is 0 Å². The van der Waals surface area contributed by atoms with Crippen molar-refractivity contribution in [2.45, 2.75) is 46.5 Å². The van der Waals surface area contributed by atoms with E-state index in [-0.39, 0.29) is 5.41 Å². The highest BCUT2D eigenvalue weighted by atomic mass is 16.1. The lowest BCUT2D eigenvalue weighted by Crippen LogP contribution is -2.29. The fraction of sp³-hybridized carbons (Fsp3) is 0.474. The van der Waals surface area contributed by atoms with Crippen LogP contribution in [-0.2, 0) is 11.2 Å². The number of nitrogens with one attached hydrogen (secondary N) is 1. The van der Waals surface area contributed by atoms with E-state index in [1.54, 1.807) is 0 Å². The molecular formula is C19H22N2O. The van der Waals surface area contributed by atoms with Crippen LogP contribution < -0.4 is 0 Å². The number of nitrogens with zero attached hydrogens (tertiary/aromatic N) is 1. The lowest BCUT2D eigenvalue weighted by atomic mass is 9.66. The summed E-state index contributed by atoms with van der Waals surface area (Å²) >= 11 is 0. The highest BCUT2D eigenvalue weighted by Gasteiger charge is 2.46. The second-order valence-corrected chi connectivity index (χ2v) is 7.10. The minimum Gasteiger partial charge on any atom is -0.295 e. The van der Waals surface area contributed by atoms with E-state index in [1.807, 2.05) is 6.20 Å². The topological polar surface area (TPSA) is 45.8 Å². The molecule has 0 spiro atoms. The van der Waals surface area contributed by atoms with Crippen LogP contribution in [0.25, 0.3) is 16.5 Å². The van der Waals surface area contributed by atoms with E-state index < -0.39 is 0 Å². The molecule has 0 bridgehead atoms. The van der Waals surface area contributed by atoms with Gasteiger partial charge in [-0.3, -0.25) is 9.89 Å². The first-order chi connectivity index (χ1) is 10.6. The summed E-state index contributed by atoms with van der Waals surface area (Å²) in [6.07, 6.45) is 5.77. The van der Waals surface area contributed by atoms with E-state index in [4.69, 9.17) is 0 Å². The maximum absolute atomic E-state index is 12.6. The maximum atomic E-state index is 12.6. The van der Waals surface area contributed by atoms with Gasteiger partial charge >= 0.3 is 0 Å². The van der Waals surface area contributed by atoms with Gasteiger partial charge in [-0.25, -0.2) is 0 Å². The molecule has 0 radical (unpaired) electrons. The number of rotatable bonds is 2. The summed E-state index contributed by atoms with van der Waals surface area (Å²) in [6, 6.07) is 4.31. The number of carbonyl (C=O) groups is 1. The Hall–Kier alpha value is -1.90. The first-order valence-electron chi connectivity index (χ1n) is 8.30. The molecule has 0 fully saturated rings. The van der Waals surface area contributed by atoms with Gasteiger partial charge in [0.25, 0.3) is 0 Å². The van der Waals surface area contributed by atoms with Gasteiger partial charge < -0.3 is 0 Å². The SMILES string of the molecule is CCC12CCC(=O)C(C(C)C)=C1c1ccc3[nH]ncc3c1C2. The van der Waals surface area contributed by atoms with Crippen molar-refractivity contribution in [1.82, 2.24) is 10.2 Å². The molecule has 1 N–H and O–H groups in total. The highest BCUT2D eigenvalue weighted by molar-refractivity contribution is 6.08. The fourth-order valence-corrected chi connectivity index (χ4v) is 4.57. The molecule has 0 amide bonds. The Balaban J connectivity index is 2.08. The molecule has 2 aromatic rings. The predicted octanol–water partition coefficient (Wildman–Crippen LogP) is 4.29. The van der Waals surface area contributed by atoms with Crippen molar-refractivity contribution >= 4 is 22.3 Å². The Labute approximate surface area is 130 Å². The van der Waals surface area contributed by atoms with Gasteiger partial charge in [0, 0.05) is 22.8 Å². The van der Waals surface area contributed by atoms with Crippen molar-refractivity contribution in [3.63, 3.8) is 0 Å². The van der Waals surface area contributed by atoms with Crippen LogP contribution in [0.4, 0.5) is 0 Å². The van der Waals surface area contributed by atoms with Gasteiger partial charge in [-0.1, -0.05) is 26.8 Å². The average molecular weight is 294 g/mol. The van der Waals surface area contributed by atoms with Gasteiger partial charge in [-0.2, -0.15) is 5.10 Å². The van der Waals surface area contributed by atoms with E-state index in [0.29, 0.717) is 18.1 Å². The maximum Gasteiger partial charge on any atom is 0.159 e. The quantitative estimate of drug-likeness (QED) is 0.898. The largest absolute Gasteiger partial charge is 0.295 e. The third-order valence-corrected chi connectivity index (χ3v) is 5.71. The normalized spacial score (nSPS) is 24.3. The number of benzene rings is 1. The zero-order chi connectivity index (χ0) is 15.5. The molecule has 22 heavy (non-hydrogen) atoms. The van der Waals surface area contributed by atoms with Crippen molar-refractivity contribution in [2.75, 3.05) is 0 Å². The Morgan fingerprint density at radius 1 is 1.36 bits per heavy atom. The second kappa shape index (κ2) is 4.55. The lowest BCUT2D eigenvalue weighted by molar-refractivity contribution is -0.116. The van der Waals surface area contributed by atoms with Crippen LogP contribution in [0.3, 0.4) is 0 Å². The molecule has 0 saturated heterocycles. The zero-order valence-corrected chi connectivity index (χ0v) is 13.5. The molecule has 0 aliphatic heterocycles. The molecule has 3 heteroatoms. The van der Waals surface area contributed by atoms with E-state index in [0.717, 1.165) is 30.4 Å². The van der Waals surface area contributed by atoms with Crippen molar-refractivity contribution in [2.24, 2.45) is 11.3 Å². The number of fused-ring (bicyclic) bond motifs is 5. The molecule has 2 aliphatic carbocycles. The average Bonchev–Trinajstić information content (AvgIpc) is 3.08. The number of carbonyl (C=O) groups excluding carboxylic acids is 1. The standard InChI is InChI=1S/C19H22N2O/c1-4-19-8-7-16(22)17(11(2)3)18(19)12-5-6-15-14(10-20-21-15)13(12)9-19/h5-6,10-11H,4,7-9H2,1-3H3,(H,20,21). The van der Waals surface area contributed by atoms with Crippen LogP contribution >= 0.6 is 0 Å². The van der Waals surface area contributed by atoms with Crippen molar-refractivity contribution in [1.29, 1.82) is 0 Å². The van der Waals surface area contributed by atoms with Crippen LogP contribution in [0.1, 0.15) is 51.2 Å². The first-order valence-corrected chi connectivity index (χ1v) is 8.30. The number of ketones is 1. The monoisotopic (exact) mass is 294 g/mol. The molecule has 3 nitrogen and oxygen atoms in total. The van der Waals surface area contributed by atoms with Gasteiger partial charge in [0.1, 0.15) is 0 Å². The summed E-state index contributed by atoms with van der Waals surface area (Å²) in [5.74, 6) is 0.647. The van der Waals surface area contributed by atoms with Gasteiger partial charge in [0.15, 0.2) is 5.78 Å². The molecule has 1 atom stereocenters. The van der Waals surface area contributed by atoms with E-state index in [2.05, 4.69) is 43.1 Å². The summed E-state index contributed by atoms with van der Waals surface area (Å²) in [4.78, 5) is 12.6.